The highest BCUT2D eigenvalue weighted by Crippen LogP contribution is 2.40. The average Bonchev–Trinajstić information content (AvgIpc) is 2.55. The predicted molar refractivity (Wildman–Crippen MR) is 93.0 cm³/mol. The number of hydrogen-bond donors (Lipinski definition) is 1. The second kappa shape index (κ2) is 6.67. The molecule has 1 amide bonds. The molecular formula is C18H28N4O2. The number of carbonyl (C=O) groups is 1. The molecule has 132 valence electrons. The van der Waals surface area contributed by atoms with Gasteiger partial charge in [0, 0.05) is 49.3 Å². The first-order chi connectivity index (χ1) is 11.4. The van der Waals surface area contributed by atoms with Crippen molar-refractivity contribution in [1.29, 1.82) is 0 Å². The van der Waals surface area contributed by atoms with Gasteiger partial charge in [-0.05, 0) is 40.0 Å². The number of rotatable bonds is 3. The predicted octanol–water partition coefficient (Wildman–Crippen LogP) is 1.60. The monoisotopic (exact) mass is 332 g/mol. The van der Waals surface area contributed by atoms with Gasteiger partial charge in [-0.2, -0.15) is 0 Å². The summed E-state index contributed by atoms with van der Waals surface area (Å²) in [5.41, 5.74) is 2.31. The van der Waals surface area contributed by atoms with Crippen LogP contribution in [0.25, 0.3) is 0 Å². The van der Waals surface area contributed by atoms with Crippen LogP contribution in [-0.2, 0) is 4.79 Å². The lowest BCUT2D eigenvalue weighted by atomic mass is 9.73. The van der Waals surface area contributed by atoms with E-state index in [1.165, 1.54) is 0 Å². The standard InChI is InChI=1S/C18H28N4O2/c1-13-14(2)19-15(3)20-17(13)22-8-4-6-18(12-22)7-5-16(24)21(11-18)9-10-23/h23H,4-12H2,1-3H3. The Kier molecular flexibility index (Phi) is 4.76. The molecule has 1 spiro atoms. The van der Waals surface area contributed by atoms with Crippen molar-refractivity contribution in [1.82, 2.24) is 14.9 Å². The Morgan fingerprint density at radius 1 is 1.17 bits per heavy atom. The van der Waals surface area contributed by atoms with Crippen molar-refractivity contribution in [2.24, 2.45) is 5.41 Å². The van der Waals surface area contributed by atoms with Crippen LogP contribution >= 0.6 is 0 Å². The van der Waals surface area contributed by atoms with Crippen LogP contribution in [0.4, 0.5) is 5.82 Å². The molecule has 0 saturated carbocycles. The Bertz CT molecular complexity index is 634. The Balaban J connectivity index is 1.83. The fourth-order valence-electron chi connectivity index (χ4n) is 4.21. The molecule has 1 N–H and O–H groups in total. The summed E-state index contributed by atoms with van der Waals surface area (Å²) in [5, 5.41) is 9.23. The van der Waals surface area contributed by atoms with Gasteiger partial charge in [-0.25, -0.2) is 9.97 Å². The van der Waals surface area contributed by atoms with Crippen LogP contribution in [0.5, 0.6) is 0 Å². The molecule has 3 heterocycles. The zero-order chi connectivity index (χ0) is 17.3. The number of aliphatic hydroxyl groups is 1. The van der Waals surface area contributed by atoms with Gasteiger partial charge < -0.3 is 14.9 Å². The number of piperidine rings is 2. The molecule has 0 aliphatic carbocycles. The molecule has 0 aromatic carbocycles. The summed E-state index contributed by atoms with van der Waals surface area (Å²) in [7, 11) is 0. The maximum absolute atomic E-state index is 12.1. The topological polar surface area (TPSA) is 69.6 Å². The van der Waals surface area contributed by atoms with Crippen LogP contribution in [0.2, 0.25) is 0 Å². The molecule has 1 aromatic rings. The van der Waals surface area contributed by atoms with Crippen LogP contribution in [0.3, 0.4) is 0 Å². The third kappa shape index (κ3) is 3.24. The number of anilines is 1. The maximum atomic E-state index is 12.1. The molecule has 2 saturated heterocycles. The van der Waals surface area contributed by atoms with E-state index >= 15 is 0 Å². The van der Waals surface area contributed by atoms with Gasteiger partial charge in [0.15, 0.2) is 0 Å². The Morgan fingerprint density at radius 2 is 1.96 bits per heavy atom. The molecule has 2 aliphatic rings. The number of aromatic nitrogens is 2. The van der Waals surface area contributed by atoms with Gasteiger partial charge >= 0.3 is 0 Å². The third-order valence-electron chi connectivity index (χ3n) is 5.55. The highest BCUT2D eigenvalue weighted by molar-refractivity contribution is 5.77. The number of β-amino-alcohol motifs (C(OH)–C–C–N with tert-alkyl or cyclic N) is 1. The lowest BCUT2D eigenvalue weighted by Gasteiger charge is -2.48. The van der Waals surface area contributed by atoms with Crippen LogP contribution in [0, 0.1) is 26.2 Å². The molecule has 1 unspecified atom stereocenters. The second-order valence-electron chi connectivity index (χ2n) is 7.37. The minimum absolute atomic E-state index is 0.0366. The first-order valence-electron chi connectivity index (χ1n) is 8.89. The molecule has 2 fully saturated rings. The molecule has 2 aliphatic heterocycles. The zero-order valence-electron chi connectivity index (χ0n) is 15.0. The SMILES string of the molecule is Cc1nc(C)c(C)c(N2CCCC3(CCC(=O)N(CCO)C3)C2)n1. The number of amides is 1. The summed E-state index contributed by atoms with van der Waals surface area (Å²) in [6, 6.07) is 0. The first kappa shape index (κ1) is 17.1. The van der Waals surface area contributed by atoms with E-state index in [4.69, 9.17) is 4.98 Å². The minimum atomic E-state index is 0.0366. The summed E-state index contributed by atoms with van der Waals surface area (Å²) in [6.07, 6.45) is 3.78. The molecule has 24 heavy (non-hydrogen) atoms. The smallest absolute Gasteiger partial charge is 0.222 e. The number of aryl methyl sites for hydroxylation is 2. The van der Waals surface area contributed by atoms with Crippen LogP contribution in [0.1, 0.15) is 42.8 Å². The molecule has 6 heteroatoms. The van der Waals surface area contributed by atoms with Gasteiger partial charge in [0.1, 0.15) is 11.6 Å². The number of likely N-dealkylation sites (tertiary alicyclic amines) is 1. The van der Waals surface area contributed by atoms with Crippen LogP contribution < -0.4 is 4.90 Å². The lowest BCUT2D eigenvalue weighted by Crippen LogP contribution is -2.54. The van der Waals surface area contributed by atoms with Crippen LogP contribution in [0.15, 0.2) is 0 Å². The summed E-state index contributed by atoms with van der Waals surface area (Å²) >= 11 is 0. The van der Waals surface area contributed by atoms with E-state index in [-0.39, 0.29) is 17.9 Å². The lowest BCUT2D eigenvalue weighted by molar-refractivity contribution is -0.138. The maximum Gasteiger partial charge on any atom is 0.222 e. The van der Waals surface area contributed by atoms with E-state index in [9.17, 15) is 9.90 Å². The summed E-state index contributed by atoms with van der Waals surface area (Å²) in [6.45, 7) is 9.25. The third-order valence-corrected chi connectivity index (χ3v) is 5.55. The summed E-state index contributed by atoms with van der Waals surface area (Å²) < 4.78 is 0. The Hall–Kier alpha value is -1.69. The number of aliphatic hydroxyl groups excluding tert-OH is 1. The highest BCUT2D eigenvalue weighted by atomic mass is 16.3. The van der Waals surface area contributed by atoms with Gasteiger partial charge in [0.2, 0.25) is 5.91 Å². The average molecular weight is 332 g/mol. The van der Waals surface area contributed by atoms with E-state index in [2.05, 4.69) is 16.8 Å². The van der Waals surface area contributed by atoms with Crippen molar-refractivity contribution in [3.05, 3.63) is 17.1 Å². The van der Waals surface area contributed by atoms with Crippen molar-refractivity contribution >= 4 is 11.7 Å². The number of hydrogen-bond acceptors (Lipinski definition) is 5. The van der Waals surface area contributed by atoms with Crippen molar-refractivity contribution in [3.63, 3.8) is 0 Å². The summed E-state index contributed by atoms with van der Waals surface area (Å²) in [4.78, 5) is 25.5. The molecule has 1 atom stereocenters. The van der Waals surface area contributed by atoms with E-state index in [0.717, 1.165) is 61.8 Å². The highest BCUT2D eigenvalue weighted by Gasteiger charge is 2.42. The van der Waals surface area contributed by atoms with E-state index in [1.807, 2.05) is 18.7 Å². The van der Waals surface area contributed by atoms with E-state index < -0.39 is 0 Å². The molecule has 6 nitrogen and oxygen atoms in total. The van der Waals surface area contributed by atoms with Gasteiger partial charge in [-0.3, -0.25) is 4.79 Å². The fourth-order valence-corrected chi connectivity index (χ4v) is 4.21. The normalized spacial score (nSPS) is 24.8. The van der Waals surface area contributed by atoms with Crippen molar-refractivity contribution < 1.29 is 9.90 Å². The Labute approximate surface area is 143 Å². The Morgan fingerprint density at radius 3 is 2.71 bits per heavy atom. The van der Waals surface area contributed by atoms with E-state index in [0.29, 0.717) is 13.0 Å². The quantitative estimate of drug-likeness (QED) is 0.910. The molecule has 0 bridgehead atoms. The van der Waals surface area contributed by atoms with Gasteiger partial charge in [-0.1, -0.05) is 0 Å². The first-order valence-corrected chi connectivity index (χ1v) is 8.89. The van der Waals surface area contributed by atoms with E-state index in [1.54, 1.807) is 0 Å². The van der Waals surface area contributed by atoms with Gasteiger partial charge in [0.25, 0.3) is 0 Å². The number of carbonyl (C=O) groups excluding carboxylic acids is 1. The fraction of sp³-hybridized carbons (Fsp3) is 0.722. The van der Waals surface area contributed by atoms with Crippen LogP contribution in [-0.4, -0.2) is 58.7 Å². The van der Waals surface area contributed by atoms with Crippen molar-refractivity contribution in [2.75, 3.05) is 37.7 Å². The molecular weight excluding hydrogens is 304 g/mol. The van der Waals surface area contributed by atoms with Crippen molar-refractivity contribution in [3.8, 4) is 0 Å². The molecule has 1 aromatic heterocycles. The van der Waals surface area contributed by atoms with Crippen molar-refractivity contribution in [2.45, 2.75) is 46.5 Å². The largest absolute Gasteiger partial charge is 0.395 e. The molecule has 3 rings (SSSR count). The molecule has 0 radical (unpaired) electrons. The number of nitrogens with zero attached hydrogens (tertiary/aromatic N) is 4. The zero-order valence-corrected chi connectivity index (χ0v) is 15.0. The minimum Gasteiger partial charge on any atom is -0.395 e. The van der Waals surface area contributed by atoms with Gasteiger partial charge in [0.05, 0.1) is 6.61 Å². The summed E-state index contributed by atoms with van der Waals surface area (Å²) in [5.74, 6) is 2.04. The van der Waals surface area contributed by atoms with Gasteiger partial charge in [-0.15, -0.1) is 0 Å². The second-order valence-corrected chi connectivity index (χ2v) is 7.37.